The van der Waals surface area contributed by atoms with Gasteiger partial charge in [0.05, 0.1) is 12.3 Å². The van der Waals surface area contributed by atoms with E-state index in [0.717, 1.165) is 17.8 Å². The smallest absolute Gasteiger partial charge is 0.474 e. The third kappa shape index (κ3) is 5.74. The van der Waals surface area contributed by atoms with Gasteiger partial charge < -0.3 is 24.7 Å². The van der Waals surface area contributed by atoms with E-state index >= 15 is 0 Å². The van der Waals surface area contributed by atoms with E-state index in [1.165, 1.54) is 20.1 Å². The van der Waals surface area contributed by atoms with E-state index < -0.39 is 60.1 Å². The molecule has 44 heavy (non-hydrogen) atoms. The van der Waals surface area contributed by atoms with Crippen LogP contribution in [0.1, 0.15) is 79.7 Å². The predicted molar refractivity (Wildman–Crippen MR) is 167 cm³/mol. The van der Waals surface area contributed by atoms with Crippen LogP contribution < -0.4 is 10.2 Å². The number of aliphatic hydroxyl groups is 2. The molecule has 2 saturated carbocycles. The zero-order valence-electron chi connectivity index (χ0n) is 26.9. The number of hydrazone groups is 1. The van der Waals surface area contributed by atoms with Crippen molar-refractivity contribution in [1.82, 2.24) is 4.92 Å². The lowest BCUT2D eigenvalue weighted by Gasteiger charge is -2.64. The van der Waals surface area contributed by atoms with Gasteiger partial charge in [-0.15, -0.1) is 6.58 Å². The highest BCUT2D eigenvalue weighted by Gasteiger charge is 2.63. The van der Waals surface area contributed by atoms with E-state index in [1.54, 1.807) is 24.3 Å². The third-order valence-corrected chi connectivity index (χ3v) is 11.6. The SMILES string of the molecule is C=C[C@]1(C)C[C@@H](OC(=O)COc2ccc3c(c2)B(O)N(C(C)=O)N=C3)[C@]2(C)[C@H](C)CC[C@@](C[C@H](O)C(C)=O)([C@H]2C)[C@@H](C)[C@@H]1O. The lowest BCUT2D eigenvalue weighted by Crippen LogP contribution is -2.63. The fourth-order valence-electron chi connectivity index (χ4n) is 8.14. The van der Waals surface area contributed by atoms with Gasteiger partial charge in [-0.2, -0.15) is 5.10 Å². The predicted octanol–water partition coefficient (Wildman–Crippen LogP) is 2.85. The topological polar surface area (TPSA) is 146 Å². The van der Waals surface area contributed by atoms with Crippen molar-refractivity contribution in [2.75, 3.05) is 6.61 Å². The summed E-state index contributed by atoms with van der Waals surface area (Å²) in [5.74, 6) is -1.22. The van der Waals surface area contributed by atoms with Crippen LogP contribution in [-0.2, 0) is 19.1 Å². The number of ketones is 1. The number of nitrogens with zero attached hydrogens (tertiary/aromatic N) is 2. The number of esters is 1. The quantitative estimate of drug-likeness (QED) is 0.232. The Kier molecular flexibility index (Phi) is 9.55. The van der Waals surface area contributed by atoms with E-state index in [0.29, 0.717) is 23.2 Å². The molecule has 0 unspecified atom stereocenters. The van der Waals surface area contributed by atoms with E-state index in [-0.39, 0.29) is 30.0 Å². The van der Waals surface area contributed by atoms with Crippen molar-refractivity contribution in [3.8, 4) is 5.75 Å². The number of ether oxygens (including phenoxy) is 2. The number of fused-ring (bicyclic) bond motifs is 3. The summed E-state index contributed by atoms with van der Waals surface area (Å²) in [6, 6.07) is 4.91. The highest BCUT2D eigenvalue weighted by molar-refractivity contribution is 6.67. The normalized spacial score (nSPS) is 35.5. The molecule has 1 amide bonds. The second-order valence-corrected chi connectivity index (χ2v) is 13.8. The largest absolute Gasteiger partial charge is 0.482 e. The van der Waals surface area contributed by atoms with Gasteiger partial charge in [0.15, 0.2) is 12.4 Å². The molecule has 2 fully saturated rings. The maximum atomic E-state index is 13.4. The molecule has 2 aliphatic carbocycles. The maximum absolute atomic E-state index is 13.4. The number of hydrogen-bond acceptors (Lipinski definition) is 9. The van der Waals surface area contributed by atoms with Gasteiger partial charge in [0.25, 0.3) is 0 Å². The molecule has 0 aromatic heterocycles. The molecule has 1 aromatic carbocycles. The first-order chi connectivity index (χ1) is 20.5. The molecule has 0 radical (unpaired) electrons. The van der Waals surface area contributed by atoms with Crippen molar-refractivity contribution < 1.29 is 39.1 Å². The van der Waals surface area contributed by atoms with Gasteiger partial charge in [-0.25, -0.2) is 9.71 Å². The average molecular weight is 611 g/mol. The van der Waals surface area contributed by atoms with Gasteiger partial charge in [0, 0.05) is 17.8 Å². The summed E-state index contributed by atoms with van der Waals surface area (Å²) in [6.45, 7) is 16.6. The Morgan fingerprint density at radius 2 is 1.91 bits per heavy atom. The Balaban J connectivity index is 1.62. The van der Waals surface area contributed by atoms with Crippen LogP contribution in [0.3, 0.4) is 0 Å². The zero-order valence-corrected chi connectivity index (χ0v) is 26.9. The molecule has 4 rings (SSSR count). The summed E-state index contributed by atoms with van der Waals surface area (Å²) in [6.07, 6.45) is 2.66. The molecular formula is C33H47BN2O8. The third-order valence-electron chi connectivity index (χ3n) is 11.6. The van der Waals surface area contributed by atoms with Crippen molar-refractivity contribution in [2.45, 2.75) is 92.5 Å². The molecule has 2 bridgehead atoms. The monoisotopic (exact) mass is 610 g/mol. The van der Waals surface area contributed by atoms with Gasteiger partial charge in [-0.1, -0.05) is 46.8 Å². The Bertz CT molecular complexity index is 1340. The van der Waals surface area contributed by atoms with Gasteiger partial charge in [-0.05, 0) is 78.9 Å². The summed E-state index contributed by atoms with van der Waals surface area (Å²) < 4.78 is 12.1. The van der Waals surface area contributed by atoms with Crippen molar-refractivity contribution in [3.05, 3.63) is 36.4 Å². The van der Waals surface area contributed by atoms with Crippen LogP contribution in [0.25, 0.3) is 0 Å². The molecule has 9 atom stereocenters. The van der Waals surface area contributed by atoms with Crippen LogP contribution in [0.5, 0.6) is 5.75 Å². The molecule has 240 valence electrons. The van der Waals surface area contributed by atoms with Gasteiger partial charge in [-0.3, -0.25) is 9.59 Å². The zero-order chi connectivity index (χ0) is 32.8. The summed E-state index contributed by atoms with van der Waals surface area (Å²) >= 11 is 0. The Labute approximate surface area is 260 Å². The van der Waals surface area contributed by atoms with Crippen LogP contribution in [-0.4, -0.2) is 76.0 Å². The molecule has 0 spiro atoms. The molecule has 3 aliphatic rings. The second kappa shape index (κ2) is 12.4. The minimum Gasteiger partial charge on any atom is -0.482 e. The Hall–Kier alpha value is -3.02. The van der Waals surface area contributed by atoms with E-state index in [1.807, 2.05) is 13.8 Å². The lowest BCUT2D eigenvalue weighted by molar-refractivity contribution is -0.217. The van der Waals surface area contributed by atoms with E-state index in [9.17, 15) is 29.6 Å². The van der Waals surface area contributed by atoms with Crippen LogP contribution in [0.4, 0.5) is 0 Å². The van der Waals surface area contributed by atoms with Crippen LogP contribution in [0.15, 0.2) is 36.0 Å². The number of carbonyl (C=O) groups is 3. The fraction of sp³-hybridized carbons (Fsp3) is 0.636. The van der Waals surface area contributed by atoms with Gasteiger partial charge >= 0.3 is 13.0 Å². The molecule has 1 aliphatic heterocycles. The number of amides is 1. The molecule has 0 saturated heterocycles. The molecule has 1 aromatic rings. The fourth-order valence-corrected chi connectivity index (χ4v) is 8.14. The highest BCUT2D eigenvalue weighted by atomic mass is 16.6. The number of Topliss-reactive ketones (excluding diaryl/α,β-unsaturated/α-hetero) is 1. The maximum Gasteiger partial charge on any atom is 0.474 e. The average Bonchev–Trinajstić information content (AvgIpc) is 2.98. The van der Waals surface area contributed by atoms with E-state index in [4.69, 9.17) is 9.47 Å². The summed E-state index contributed by atoms with van der Waals surface area (Å²) in [7, 11) is -1.28. The Morgan fingerprint density at radius 1 is 1.23 bits per heavy atom. The highest BCUT2D eigenvalue weighted by Crippen LogP contribution is 2.65. The molecule has 1 heterocycles. The molecule has 3 N–H and O–H groups in total. The van der Waals surface area contributed by atoms with Crippen molar-refractivity contribution >= 4 is 36.4 Å². The number of aliphatic hydroxyl groups excluding tert-OH is 2. The number of benzene rings is 1. The van der Waals surface area contributed by atoms with Gasteiger partial charge in [0.1, 0.15) is 18.0 Å². The van der Waals surface area contributed by atoms with Crippen molar-refractivity contribution in [2.24, 2.45) is 39.1 Å². The minimum atomic E-state index is -1.28. The lowest BCUT2D eigenvalue weighted by atomic mass is 9.42. The Morgan fingerprint density at radius 3 is 2.52 bits per heavy atom. The van der Waals surface area contributed by atoms with Crippen LogP contribution in [0.2, 0.25) is 0 Å². The molecular weight excluding hydrogens is 563 g/mol. The van der Waals surface area contributed by atoms with Crippen molar-refractivity contribution in [3.63, 3.8) is 0 Å². The van der Waals surface area contributed by atoms with Crippen molar-refractivity contribution in [1.29, 1.82) is 0 Å². The number of carbonyl (C=O) groups excluding carboxylic acids is 3. The number of hydrogen-bond donors (Lipinski definition) is 3. The first kappa shape index (κ1) is 33.9. The van der Waals surface area contributed by atoms with Crippen LogP contribution >= 0.6 is 0 Å². The van der Waals surface area contributed by atoms with Gasteiger partial charge in [0.2, 0.25) is 5.91 Å². The van der Waals surface area contributed by atoms with E-state index in [2.05, 4.69) is 32.5 Å². The second-order valence-electron chi connectivity index (χ2n) is 13.8. The minimum absolute atomic E-state index is 0.112. The molecule has 11 heteroatoms. The summed E-state index contributed by atoms with van der Waals surface area (Å²) in [5.41, 5.74) is -0.892. The standard InChI is InChI=1S/C33H47BN2O8/c1-9-31(7)16-28(32(8)19(2)12-13-33(22(32)5,20(3)30(31)41)15-27(39)21(4)37)44-29(40)18-43-25-11-10-24-17-35-36(23(6)38)34(42)26(24)14-25/h9-11,14,17,19-20,22,27-28,30,39,41-42H,1,12-13,15-16,18H2,2-8H3/t19-,20+,22+,27+,28-,30+,31-,32-,33+/m1/s1. The molecule has 10 nitrogen and oxygen atoms in total. The van der Waals surface area contributed by atoms with Crippen LogP contribution in [0, 0.1) is 34.0 Å². The first-order valence-corrected chi connectivity index (χ1v) is 15.5. The summed E-state index contributed by atoms with van der Waals surface area (Å²) in [4.78, 5) is 38.5. The number of rotatable bonds is 8. The summed E-state index contributed by atoms with van der Waals surface area (Å²) in [5, 5.41) is 37.2. The first-order valence-electron chi connectivity index (χ1n) is 15.5.